The van der Waals surface area contributed by atoms with Gasteiger partial charge < -0.3 is 19.7 Å². The fourth-order valence-electron chi connectivity index (χ4n) is 2.27. The minimum absolute atomic E-state index is 0.134. The van der Waals surface area contributed by atoms with Crippen LogP contribution < -0.4 is 5.43 Å². The van der Waals surface area contributed by atoms with Crippen LogP contribution >= 0.6 is 34.2 Å². The van der Waals surface area contributed by atoms with Gasteiger partial charge in [-0.1, -0.05) is 11.6 Å². The smallest absolute Gasteiger partial charge is 0.425 e. The molecule has 1 aromatic carbocycles. The number of benzene rings is 1. The molecule has 0 fully saturated rings. The average Bonchev–Trinajstić information content (AvgIpc) is 2.55. The monoisotopic (exact) mass is 542 g/mol. The molecule has 162 valence electrons. The molecule has 9 nitrogen and oxygen atoms in total. The summed E-state index contributed by atoms with van der Waals surface area (Å²) in [6.07, 6.45) is -1.25. The minimum Gasteiger partial charge on any atom is -0.506 e. The highest BCUT2D eigenvalue weighted by atomic mass is 127. The third-order valence-electron chi connectivity index (χ3n) is 3.33. The molecule has 1 aromatic rings. The topological polar surface area (TPSA) is 125 Å². The number of carboxylic acid groups (broad SMARTS) is 1. The van der Waals surface area contributed by atoms with E-state index in [1.165, 1.54) is 12.1 Å². The second-order valence-corrected chi connectivity index (χ2v) is 8.58. The molecule has 0 aromatic heterocycles. The first-order valence-electron chi connectivity index (χ1n) is 8.66. The van der Waals surface area contributed by atoms with Crippen LogP contribution in [0.25, 0.3) is 0 Å². The van der Waals surface area contributed by atoms with Gasteiger partial charge in [0, 0.05) is 10.6 Å². The van der Waals surface area contributed by atoms with E-state index in [9.17, 15) is 24.6 Å². The van der Waals surface area contributed by atoms with E-state index >= 15 is 0 Å². The summed E-state index contributed by atoms with van der Waals surface area (Å²) in [5.74, 6) is -2.07. The Morgan fingerprint density at radius 1 is 1.31 bits per heavy atom. The molecule has 1 atom stereocenters. The van der Waals surface area contributed by atoms with Crippen LogP contribution in [0, 0.1) is 3.57 Å². The van der Waals surface area contributed by atoms with E-state index in [1.807, 2.05) is 22.6 Å². The highest BCUT2D eigenvalue weighted by molar-refractivity contribution is 14.1. The summed E-state index contributed by atoms with van der Waals surface area (Å²) in [5, 5.41) is 20.6. The molecule has 0 aliphatic rings. The molecule has 29 heavy (non-hydrogen) atoms. The third-order valence-corrected chi connectivity index (χ3v) is 4.37. The zero-order valence-corrected chi connectivity index (χ0v) is 19.4. The molecule has 1 amide bonds. The van der Waals surface area contributed by atoms with Crippen molar-refractivity contribution in [2.75, 3.05) is 13.2 Å². The number of nitrogens with zero attached hydrogens (tertiary/aromatic N) is 1. The maximum absolute atomic E-state index is 12.5. The highest BCUT2D eigenvalue weighted by Crippen LogP contribution is 2.34. The minimum atomic E-state index is -1.30. The van der Waals surface area contributed by atoms with E-state index < -0.39 is 36.2 Å². The van der Waals surface area contributed by atoms with Gasteiger partial charge in [0.1, 0.15) is 17.9 Å². The lowest BCUT2D eigenvalue weighted by molar-refractivity contribution is -0.144. The number of carbonyl (C=O) groups is 3. The maximum Gasteiger partial charge on any atom is 0.425 e. The number of amides is 1. The number of hydrogen-bond acceptors (Lipinski definition) is 7. The van der Waals surface area contributed by atoms with Crippen molar-refractivity contribution in [2.45, 2.75) is 45.8 Å². The van der Waals surface area contributed by atoms with E-state index in [0.717, 1.165) is 5.01 Å². The van der Waals surface area contributed by atoms with Crippen LogP contribution in [0.15, 0.2) is 12.1 Å². The third kappa shape index (κ3) is 8.62. The zero-order valence-electron chi connectivity index (χ0n) is 16.5. The standard InChI is InChI=1S/C18H24ClIN2O7/c1-5-28-15(25)8-13(11-6-10(19)7-12(20)16(11)26)21-22(9-14(23)24)17(27)29-18(2,3)4/h6-7,13,21,26H,5,8-9H2,1-4H3,(H,23,24)/t13-/m1/s1. The van der Waals surface area contributed by atoms with Crippen molar-refractivity contribution < 1.29 is 34.1 Å². The van der Waals surface area contributed by atoms with E-state index in [4.69, 9.17) is 21.1 Å². The molecule has 1 rings (SSSR count). The summed E-state index contributed by atoms with van der Waals surface area (Å²) in [5.41, 5.74) is 1.99. The van der Waals surface area contributed by atoms with Crippen molar-refractivity contribution in [1.29, 1.82) is 0 Å². The van der Waals surface area contributed by atoms with E-state index in [-0.39, 0.29) is 24.3 Å². The molecule has 0 bridgehead atoms. The number of esters is 1. The van der Waals surface area contributed by atoms with Gasteiger partial charge in [-0.15, -0.1) is 0 Å². The molecule has 0 saturated heterocycles. The van der Waals surface area contributed by atoms with Crippen LogP contribution in [0.5, 0.6) is 5.75 Å². The molecular weight excluding hydrogens is 519 g/mol. The van der Waals surface area contributed by atoms with Gasteiger partial charge in [-0.2, -0.15) is 0 Å². The highest BCUT2D eigenvalue weighted by Gasteiger charge is 2.29. The molecule has 3 N–H and O–H groups in total. The Bertz CT molecular complexity index is 767. The first-order valence-corrected chi connectivity index (χ1v) is 10.1. The van der Waals surface area contributed by atoms with Crippen molar-refractivity contribution in [2.24, 2.45) is 0 Å². The van der Waals surface area contributed by atoms with Gasteiger partial charge in [-0.05, 0) is 62.4 Å². The van der Waals surface area contributed by atoms with Crippen molar-refractivity contribution in [1.82, 2.24) is 10.4 Å². The normalized spacial score (nSPS) is 12.2. The van der Waals surface area contributed by atoms with Gasteiger partial charge in [0.2, 0.25) is 0 Å². The summed E-state index contributed by atoms with van der Waals surface area (Å²) < 4.78 is 10.6. The lowest BCUT2D eigenvalue weighted by Crippen LogP contribution is -2.49. The van der Waals surface area contributed by atoms with Crippen molar-refractivity contribution in [3.05, 3.63) is 26.3 Å². The number of phenols is 1. The van der Waals surface area contributed by atoms with Crippen LogP contribution in [0.4, 0.5) is 4.79 Å². The number of carboxylic acids is 1. The molecule has 0 unspecified atom stereocenters. The summed E-state index contributed by atoms with van der Waals surface area (Å²) in [4.78, 5) is 35.8. The fraction of sp³-hybridized carbons (Fsp3) is 0.500. The van der Waals surface area contributed by atoms with Crippen molar-refractivity contribution in [3.63, 3.8) is 0 Å². The first kappa shape index (κ1) is 25.2. The van der Waals surface area contributed by atoms with Crippen LogP contribution in [-0.4, -0.2) is 52.0 Å². The van der Waals surface area contributed by atoms with Crippen LogP contribution in [-0.2, 0) is 19.1 Å². The average molecular weight is 543 g/mol. The van der Waals surface area contributed by atoms with Gasteiger partial charge in [0.05, 0.1) is 22.6 Å². The maximum atomic E-state index is 12.5. The molecule has 0 heterocycles. The second kappa shape index (κ2) is 10.8. The number of nitrogens with one attached hydrogen (secondary N) is 1. The van der Waals surface area contributed by atoms with Crippen molar-refractivity contribution in [3.8, 4) is 5.75 Å². The molecule has 0 spiro atoms. The predicted octanol–water partition coefficient (Wildman–Crippen LogP) is 3.47. The number of ether oxygens (including phenoxy) is 2. The van der Waals surface area contributed by atoms with Crippen molar-refractivity contribution >= 4 is 52.2 Å². The molecule has 0 saturated carbocycles. The number of hydrogen-bond donors (Lipinski definition) is 3. The predicted molar refractivity (Wildman–Crippen MR) is 114 cm³/mol. The molecule has 0 aliphatic heterocycles. The molecule has 0 aliphatic carbocycles. The number of carbonyl (C=O) groups excluding carboxylic acids is 2. The number of halogens is 2. The SMILES string of the molecule is CCOC(=O)C[C@@H](NN(CC(=O)O)C(=O)OC(C)(C)C)c1cc(Cl)cc(I)c1O. The number of phenolic OH excluding ortho intramolecular Hbond substituents is 1. The van der Waals surface area contributed by atoms with Gasteiger partial charge in [0.15, 0.2) is 0 Å². The Morgan fingerprint density at radius 3 is 2.45 bits per heavy atom. The molecular formula is C18H24ClIN2O7. The molecule has 0 radical (unpaired) electrons. The van der Waals surface area contributed by atoms with E-state index in [0.29, 0.717) is 8.59 Å². The Labute approximate surface area is 187 Å². The number of rotatable bonds is 8. The van der Waals surface area contributed by atoms with Crippen LogP contribution in [0.1, 0.15) is 45.7 Å². The summed E-state index contributed by atoms with van der Waals surface area (Å²) in [6.45, 7) is 5.92. The van der Waals surface area contributed by atoms with E-state index in [1.54, 1.807) is 27.7 Å². The van der Waals surface area contributed by atoms with E-state index in [2.05, 4.69) is 5.43 Å². The number of hydrazine groups is 1. The van der Waals surface area contributed by atoms with Gasteiger partial charge in [-0.25, -0.2) is 15.2 Å². The summed E-state index contributed by atoms with van der Waals surface area (Å²) >= 11 is 7.94. The fourth-order valence-corrected chi connectivity index (χ4v) is 3.32. The lowest BCUT2D eigenvalue weighted by Gasteiger charge is -2.30. The van der Waals surface area contributed by atoms with Gasteiger partial charge >= 0.3 is 18.0 Å². The largest absolute Gasteiger partial charge is 0.506 e. The summed E-state index contributed by atoms with van der Waals surface area (Å²) in [6, 6.07) is 1.93. The quantitative estimate of drug-likeness (QED) is 0.259. The second-order valence-electron chi connectivity index (χ2n) is 6.98. The molecule has 11 heteroatoms. The van der Waals surface area contributed by atoms with Gasteiger partial charge in [0.25, 0.3) is 0 Å². The zero-order chi connectivity index (χ0) is 22.4. The first-order chi connectivity index (χ1) is 13.3. The Balaban J connectivity index is 3.30. The van der Waals surface area contributed by atoms with Crippen LogP contribution in [0.2, 0.25) is 5.02 Å². The number of aliphatic carboxylic acids is 1. The Morgan fingerprint density at radius 2 is 1.93 bits per heavy atom. The lowest BCUT2D eigenvalue weighted by atomic mass is 10.0. The summed E-state index contributed by atoms with van der Waals surface area (Å²) in [7, 11) is 0. The van der Waals surface area contributed by atoms with Gasteiger partial charge in [-0.3, -0.25) is 9.59 Å². The van der Waals surface area contributed by atoms with Crippen LogP contribution in [0.3, 0.4) is 0 Å². The Hall–Kier alpha value is -1.79. The Kier molecular flexibility index (Phi) is 9.43. The number of aromatic hydroxyl groups is 1.